The van der Waals surface area contributed by atoms with E-state index in [4.69, 9.17) is 0 Å². The Bertz CT molecular complexity index is 914. The van der Waals surface area contributed by atoms with E-state index in [-0.39, 0.29) is 18.3 Å². The third-order valence-electron chi connectivity index (χ3n) is 5.03. The summed E-state index contributed by atoms with van der Waals surface area (Å²) in [7, 11) is 0. The van der Waals surface area contributed by atoms with Crippen LogP contribution in [-0.2, 0) is 6.42 Å². The fourth-order valence-corrected chi connectivity index (χ4v) is 3.38. The highest BCUT2D eigenvalue weighted by molar-refractivity contribution is 5.71. The van der Waals surface area contributed by atoms with E-state index in [1.165, 1.54) is 12.1 Å². The number of hydrogen-bond acceptors (Lipinski definition) is 0. The van der Waals surface area contributed by atoms with E-state index in [2.05, 4.69) is 0 Å². The molecule has 3 aromatic rings. The zero-order valence-electron chi connectivity index (χ0n) is 16.2. The van der Waals surface area contributed by atoms with Crippen LogP contribution in [-0.4, -0.2) is 6.67 Å². The summed E-state index contributed by atoms with van der Waals surface area (Å²) < 4.78 is 41.3. The topological polar surface area (TPSA) is 0 Å². The largest absolute Gasteiger partial charge is 0.251 e. The second-order valence-electron chi connectivity index (χ2n) is 7.23. The minimum atomic E-state index is -0.363. The van der Waals surface area contributed by atoms with Gasteiger partial charge in [0.1, 0.15) is 11.6 Å². The Labute approximate surface area is 165 Å². The molecule has 0 amide bonds. The number of aryl methyl sites for hydroxylation is 2. The predicted molar refractivity (Wildman–Crippen MR) is 110 cm³/mol. The molecule has 0 spiro atoms. The van der Waals surface area contributed by atoms with Crippen LogP contribution in [0.3, 0.4) is 0 Å². The van der Waals surface area contributed by atoms with Crippen LogP contribution < -0.4 is 0 Å². The molecule has 0 nitrogen and oxygen atoms in total. The summed E-state index contributed by atoms with van der Waals surface area (Å²) in [6.07, 6.45) is 4.09. The van der Waals surface area contributed by atoms with E-state index in [1.54, 1.807) is 18.2 Å². The number of hydrogen-bond donors (Lipinski definition) is 0. The summed E-state index contributed by atoms with van der Waals surface area (Å²) in [5, 5.41) is 0. The van der Waals surface area contributed by atoms with E-state index in [0.29, 0.717) is 23.1 Å². The van der Waals surface area contributed by atoms with Crippen LogP contribution in [0.4, 0.5) is 13.2 Å². The summed E-state index contributed by atoms with van der Waals surface area (Å²) in [6.45, 7) is 1.71. The molecule has 3 aromatic carbocycles. The molecule has 3 rings (SSSR count). The monoisotopic (exact) mass is 382 g/mol. The smallest absolute Gasteiger partial charge is 0.131 e. The lowest BCUT2D eigenvalue weighted by atomic mass is 9.97. The fraction of sp³-hybridized carbons (Fsp3) is 0.280. The minimum Gasteiger partial charge on any atom is -0.251 e. The van der Waals surface area contributed by atoms with Gasteiger partial charge in [-0.05, 0) is 55.0 Å². The molecular formula is C25H25F3. The Morgan fingerprint density at radius 3 is 1.93 bits per heavy atom. The van der Waals surface area contributed by atoms with E-state index < -0.39 is 0 Å². The second-order valence-corrected chi connectivity index (χ2v) is 7.23. The third-order valence-corrected chi connectivity index (χ3v) is 5.03. The lowest BCUT2D eigenvalue weighted by molar-refractivity contribution is 0.453. The predicted octanol–water partition coefficient (Wildman–Crippen LogP) is 7.68. The molecule has 0 heterocycles. The molecule has 0 N–H and O–H groups in total. The Morgan fingerprint density at radius 2 is 1.25 bits per heavy atom. The quantitative estimate of drug-likeness (QED) is 0.350. The van der Waals surface area contributed by atoms with E-state index in [1.807, 2.05) is 37.3 Å². The first kappa shape index (κ1) is 20.2. The molecule has 0 saturated heterocycles. The van der Waals surface area contributed by atoms with Crippen LogP contribution in [0.1, 0.15) is 36.8 Å². The Hall–Kier alpha value is -2.55. The molecular weight excluding hydrogens is 357 g/mol. The first-order valence-corrected chi connectivity index (χ1v) is 9.80. The zero-order chi connectivity index (χ0) is 19.9. The third kappa shape index (κ3) is 5.03. The van der Waals surface area contributed by atoms with E-state index >= 15 is 0 Å². The summed E-state index contributed by atoms with van der Waals surface area (Å²) in [5.74, 6) is -0.707. The van der Waals surface area contributed by atoms with E-state index in [9.17, 15) is 13.2 Å². The Kier molecular flexibility index (Phi) is 6.91. The highest BCUT2D eigenvalue weighted by Gasteiger charge is 2.11. The maximum atomic E-state index is 14.7. The molecule has 3 heteroatoms. The van der Waals surface area contributed by atoms with Gasteiger partial charge in [-0.2, -0.15) is 0 Å². The van der Waals surface area contributed by atoms with Crippen molar-refractivity contribution in [3.05, 3.63) is 83.4 Å². The van der Waals surface area contributed by atoms with Crippen molar-refractivity contribution >= 4 is 0 Å². The van der Waals surface area contributed by atoms with Crippen molar-refractivity contribution in [3.63, 3.8) is 0 Å². The van der Waals surface area contributed by atoms with Gasteiger partial charge in [-0.15, -0.1) is 0 Å². The molecule has 0 aromatic heterocycles. The van der Waals surface area contributed by atoms with Crippen LogP contribution >= 0.6 is 0 Å². The van der Waals surface area contributed by atoms with Crippen LogP contribution in [0.2, 0.25) is 0 Å². The molecule has 0 fully saturated rings. The maximum Gasteiger partial charge on any atom is 0.131 e. The van der Waals surface area contributed by atoms with E-state index in [0.717, 1.165) is 42.4 Å². The van der Waals surface area contributed by atoms with Gasteiger partial charge in [-0.25, -0.2) is 8.78 Å². The average Bonchev–Trinajstić information content (AvgIpc) is 2.69. The first-order valence-electron chi connectivity index (χ1n) is 9.80. The van der Waals surface area contributed by atoms with Crippen molar-refractivity contribution < 1.29 is 13.2 Å². The molecule has 0 unspecified atom stereocenters. The molecule has 146 valence electrons. The minimum absolute atomic E-state index is 0.275. The second kappa shape index (κ2) is 9.59. The summed E-state index contributed by atoms with van der Waals surface area (Å²) in [4.78, 5) is 0. The number of rotatable bonds is 8. The van der Waals surface area contributed by atoms with Crippen molar-refractivity contribution in [1.82, 2.24) is 0 Å². The fourth-order valence-electron chi connectivity index (χ4n) is 3.38. The molecule has 0 aliphatic heterocycles. The summed E-state index contributed by atoms with van der Waals surface area (Å²) in [5.41, 5.74) is 4.27. The van der Waals surface area contributed by atoms with Gasteiger partial charge in [0.25, 0.3) is 0 Å². The van der Waals surface area contributed by atoms with Gasteiger partial charge in [-0.1, -0.05) is 66.9 Å². The van der Waals surface area contributed by atoms with Gasteiger partial charge in [-0.3, -0.25) is 4.39 Å². The SMILES string of the molecule is Cc1ccc(-c2ccc(-c3ccc(CCCCCCF)cc3F)cc2F)cc1. The highest BCUT2D eigenvalue weighted by atomic mass is 19.1. The van der Waals surface area contributed by atoms with Gasteiger partial charge in [0, 0.05) is 11.1 Å². The standard InChI is InChI=1S/C25H25F3/c1-18-7-10-20(11-8-18)22-14-12-21(17-25(22)28)23-13-9-19(16-24(23)27)6-4-2-3-5-15-26/h7-14,16-17H,2-6,15H2,1H3. The molecule has 0 bridgehead atoms. The average molecular weight is 382 g/mol. The van der Waals surface area contributed by atoms with Crippen molar-refractivity contribution in [2.45, 2.75) is 39.0 Å². The zero-order valence-corrected chi connectivity index (χ0v) is 16.2. The van der Waals surface area contributed by atoms with Crippen molar-refractivity contribution in [1.29, 1.82) is 0 Å². The highest BCUT2D eigenvalue weighted by Crippen LogP contribution is 2.30. The van der Waals surface area contributed by atoms with Gasteiger partial charge in [0.2, 0.25) is 0 Å². The maximum absolute atomic E-state index is 14.7. The van der Waals surface area contributed by atoms with Crippen molar-refractivity contribution in [2.75, 3.05) is 6.67 Å². The van der Waals surface area contributed by atoms with Crippen molar-refractivity contribution in [2.24, 2.45) is 0 Å². The summed E-state index contributed by atoms with van der Waals surface area (Å²) in [6, 6.07) is 17.6. The lowest BCUT2D eigenvalue weighted by Crippen LogP contribution is -1.92. The van der Waals surface area contributed by atoms with Crippen LogP contribution in [0, 0.1) is 18.6 Å². The van der Waals surface area contributed by atoms with Gasteiger partial charge in [0.15, 0.2) is 0 Å². The molecule has 0 atom stereocenters. The van der Waals surface area contributed by atoms with Crippen LogP contribution in [0.15, 0.2) is 60.7 Å². The van der Waals surface area contributed by atoms with Crippen LogP contribution in [0.5, 0.6) is 0 Å². The number of halogens is 3. The number of benzene rings is 3. The molecule has 28 heavy (non-hydrogen) atoms. The number of alkyl halides is 1. The lowest BCUT2D eigenvalue weighted by Gasteiger charge is -2.10. The molecule has 0 radical (unpaired) electrons. The molecule has 0 aliphatic rings. The molecule has 0 saturated carbocycles. The molecule has 0 aliphatic carbocycles. The van der Waals surface area contributed by atoms with Gasteiger partial charge < -0.3 is 0 Å². The number of unbranched alkanes of at least 4 members (excludes halogenated alkanes) is 3. The van der Waals surface area contributed by atoms with Gasteiger partial charge >= 0.3 is 0 Å². The van der Waals surface area contributed by atoms with Crippen molar-refractivity contribution in [3.8, 4) is 22.3 Å². The summed E-state index contributed by atoms with van der Waals surface area (Å²) >= 11 is 0. The van der Waals surface area contributed by atoms with Gasteiger partial charge in [0.05, 0.1) is 6.67 Å². The Balaban J connectivity index is 1.74. The Morgan fingerprint density at radius 1 is 0.643 bits per heavy atom. The normalized spacial score (nSPS) is 11.0. The first-order chi connectivity index (χ1) is 13.6. The van der Waals surface area contributed by atoms with Crippen LogP contribution in [0.25, 0.3) is 22.3 Å².